The van der Waals surface area contributed by atoms with E-state index >= 15 is 0 Å². The van der Waals surface area contributed by atoms with Gasteiger partial charge in [-0.2, -0.15) is 0 Å². The van der Waals surface area contributed by atoms with Gasteiger partial charge in [-0.25, -0.2) is 4.79 Å². The van der Waals surface area contributed by atoms with Gasteiger partial charge >= 0.3 is 6.03 Å². The van der Waals surface area contributed by atoms with Crippen LogP contribution in [-0.4, -0.2) is 47.7 Å². The maximum atomic E-state index is 12.2. The van der Waals surface area contributed by atoms with Gasteiger partial charge in [-0.1, -0.05) is 20.3 Å². The molecule has 0 saturated carbocycles. The van der Waals surface area contributed by atoms with Crippen molar-refractivity contribution in [1.29, 1.82) is 0 Å². The third-order valence-corrected chi connectivity index (χ3v) is 4.21. The van der Waals surface area contributed by atoms with E-state index in [2.05, 4.69) is 10.6 Å². The van der Waals surface area contributed by atoms with Crippen LogP contribution in [0.5, 0.6) is 0 Å². The number of anilines is 1. The maximum absolute atomic E-state index is 12.2. The van der Waals surface area contributed by atoms with Gasteiger partial charge in [0, 0.05) is 30.9 Å². The van der Waals surface area contributed by atoms with E-state index in [-0.39, 0.29) is 24.4 Å². The van der Waals surface area contributed by atoms with Crippen molar-refractivity contribution in [2.45, 2.75) is 40.2 Å². The summed E-state index contributed by atoms with van der Waals surface area (Å²) in [5, 5.41) is 15.2. The molecule has 1 rings (SSSR count). The predicted molar refractivity (Wildman–Crippen MR) is 96.2 cm³/mol. The summed E-state index contributed by atoms with van der Waals surface area (Å²) in [5.41, 5.74) is 1.19. The van der Waals surface area contributed by atoms with E-state index < -0.39 is 6.10 Å². The van der Waals surface area contributed by atoms with Crippen molar-refractivity contribution in [3.05, 3.63) is 29.8 Å². The number of nitrogens with one attached hydrogen (secondary N) is 2. The Bertz CT molecular complexity index is 527. The number of amides is 3. The first-order chi connectivity index (χ1) is 11.4. The summed E-state index contributed by atoms with van der Waals surface area (Å²) >= 11 is 0. The van der Waals surface area contributed by atoms with Gasteiger partial charge in [-0.15, -0.1) is 0 Å². The SMILES string of the molecule is CC[C@@H](C)[C@H](O)CNC(=O)Nc1ccc(C(=O)N(CC)CC)cc1. The number of hydrogen-bond donors (Lipinski definition) is 3. The second-order valence-corrected chi connectivity index (χ2v) is 5.84. The number of nitrogens with zero attached hydrogens (tertiary/aromatic N) is 1. The average molecular weight is 335 g/mol. The fraction of sp³-hybridized carbons (Fsp3) is 0.556. The van der Waals surface area contributed by atoms with Crippen molar-refractivity contribution >= 4 is 17.6 Å². The van der Waals surface area contributed by atoms with Gasteiger partial charge in [-0.05, 0) is 44.0 Å². The Labute approximate surface area is 144 Å². The van der Waals surface area contributed by atoms with Crippen LogP contribution in [0.3, 0.4) is 0 Å². The van der Waals surface area contributed by atoms with E-state index in [4.69, 9.17) is 0 Å². The fourth-order valence-corrected chi connectivity index (χ4v) is 2.24. The Kier molecular flexibility index (Phi) is 8.26. The summed E-state index contributed by atoms with van der Waals surface area (Å²) in [5.74, 6) is 0.114. The number of rotatable bonds is 8. The lowest BCUT2D eigenvalue weighted by atomic mass is 10.0. The Morgan fingerprint density at radius 2 is 1.71 bits per heavy atom. The molecule has 134 valence electrons. The van der Waals surface area contributed by atoms with Gasteiger partial charge in [0.1, 0.15) is 0 Å². The standard InChI is InChI=1S/C18H29N3O3/c1-5-13(4)16(22)12-19-18(24)20-15-10-8-14(9-11-15)17(23)21(6-2)7-3/h8-11,13,16,22H,5-7,12H2,1-4H3,(H2,19,20,24)/t13-,16-/m1/s1. The van der Waals surface area contributed by atoms with Crippen LogP contribution >= 0.6 is 0 Å². The Morgan fingerprint density at radius 1 is 1.12 bits per heavy atom. The molecule has 0 aliphatic heterocycles. The molecule has 0 saturated heterocycles. The monoisotopic (exact) mass is 335 g/mol. The molecule has 3 N–H and O–H groups in total. The lowest BCUT2D eigenvalue weighted by molar-refractivity contribution is 0.0773. The summed E-state index contributed by atoms with van der Waals surface area (Å²) in [6.07, 6.45) is 0.293. The van der Waals surface area contributed by atoms with E-state index in [1.165, 1.54) is 0 Å². The molecular weight excluding hydrogens is 306 g/mol. The number of benzene rings is 1. The highest BCUT2D eigenvalue weighted by Gasteiger charge is 2.14. The molecular formula is C18H29N3O3. The number of aliphatic hydroxyl groups excluding tert-OH is 1. The maximum Gasteiger partial charge on any atom is 0.319 e. The molecule has 1 aromatic carbocycles. The summed E-state index contributed by atoms with van der Waals surface area (Å²) in [6.45, 7) is 9.35. The Balaban J connectivity index is 2.55. The van der Waals surface area contributed by atoms with E-state index in [0.717, 1.165) is 6.42 Å². The minimum atomic E-state index is -0.560. The Morgan fingerprint density at radius 3 is 2.21 bits per heavy atom. The van der Waals surface area contributed by atoms with Crippen LogP contribution in [0.25, 0.3) is 0 Å². The first kappa shape index (κ1) is 20.0. The number of carbonyl (C=O) groups is 2. The number of urea groups is 1. The topological polar surface area (TPSA) is 81.7 Å². The van der Waals surface area contributed by atoms with Crippen molar-refractivity contribution in [1.82, 2.24) is 10.2 Å². The molecule has 1 aromatic rings. The summed E-state index contributed by atoms with van der Waals surface area (Å²) in [7, 11) is 0. The molecule has 0 bridgehead atoms. The van der Waals surface area contributed by atoms with Crippen LogP contribution in [-0.2, 0) is 0 Å². The molecule has 0 fully saturated rings. The van der Waals surface area contributed by atoms with Crippen molar-refractivity contribution < 1.29 is 14.7 Å². The zero-order valence-electron chi connectivity index (χ0n) is 15.0. The third kappa shape index (κ3) is 5.85. The molecule has 6 heteroatoms. The highest BCUT2D eigenvalue weighted by Crippen LogP contribution is 2.12. The second kappa shape index (κ2) is 9.93. The Hall–Kier alpha value is -2.08. The van der Waals surface area contributed by atoms with Crippen LogP contribution in [0.2, 0.25) is 0 Å². The highest BCUT2D eigenvalue weighted by molar-refractivity contribution is 5.95. The molecule has 0 unspecified atom stereocenters. The third-order valence-electron chi connectivity index (χ3n) is 4.21. The lowest BCUT2D eigenvalue weighted by Crippen LogP contribution is -2.37. The van der Waals surface area contributed by atoms with Crippen molar-refractivity contribution in [2.75, 3.05) is 25.0 Å². The zero-order valence-corrected chi connectivity index (χ0v) is 15.0. The van der Waals surface area contributed by atoms with E-state index in [0.29, 0.717) is 24.3 Å². The van der Waals surface area contributed by atoms with Crippen LogP contribution < -0.4 is 10.6 Å². The predicted octanol–water partition coefficient (Wildman–Crippen LogP) is 2.70. The van der Waals surface area contributed by atoms with Crippen LogP contribution in [0, 0.1) is 5.92 Å². The van der Waals surface area contributed by atoms with Gasteiger partial charge in [0.2, 0.25) is 0 Å². The first-order valence-corrected chi connectivity index (χ1v) is 8.55. The van der Waals surface area contributed by atoms with Gasteiger partial charge in [0.15, 0.2) is 0 Å². The van der Waals surface area contributed by atoms with Crippen molar-refractivity contribution in [3.63, 3.8) is 0 Å². The number of aliphatic hydroxyl groups is 1. The molecule has 0 aliphatic carbocycles. The number of carbonyl (C=O) groups excluding carboxylic acids is 2. The number of hydrogen-bond acceptors (Lipinski definition) is 3. The van der Waals surface area contributed by atoms with Crippen LogP contribution in [0.15, 0.2) is 24.3 Å². The average Bonchev–Trinajstić information content (AvgIpc) is 2.60. The largest absolute Gasteiger partial charge is 0.391 e. The van der Waals surface area contributed by atoms with E-state index in [1.807, 2.05) is 27.7 Å². The molecule has 24 heavy (non-hydrogen) atoms. The van der Waals surface area contributed by atoms with Gasteiger partial charge in [0.25, 0.3) is 5.91 Å². The highest BCUT2D eigenvalue weighted by atomic mass is 16.3. The minimum absolute atomic E-state index is 0.0207. The summed E-state index contributed by atoms with van der Waals surface area (Å²) in [4.78, 5) is 25.8. The fourth-order valence-electron chi connectivity index (χ4n) is 2.24. The normalized spacial score (nSPS) is 13.0. The van der Waals surface area contributed by atoms with E-state index in [1.54, 1.807) is 29.2 Å². The molecule has 0 radical (unpaired) electrons. The zero-order chi connectivity index (χ0) is 18.1. The van der Waals surface area contributed by atoms with Crippen molar-refractivity contribution in [3.8, 4) is 0 Å². The molecule has 0 aromatic heterocycles. The van der Waals surface area contributed by atoms with Gasteiger partial charge in [-0.3, -0.25) is 4.79 Å². The molecule has 6 nitrogen and oxygen atoms in total. The van der Waals surface area contributed by atoms with Crippen molar-refractivity contribution in [2.24, 2.45) is 5.92 Å². The van der Waals surface area contributed by atoms with E-state index in [9.17, 15) is 14.7 Å². The molecule has 0 spiro atoms. The smallest absolute Gasteiger partial charge is 0.319 e. The summed E-state index contributed by atoms with van der Waals surface area (Å²) < 4.78 is 0. The quantitative estimate of drug-likeness (QED) is 0.683. The second-order valence-electron chi connectivity index (χ2n) is 5.84. The molecule has 3 amide bonds. The molecule has 2 atom stereocenters. The van der Waals surface area contributed by atoms with Crippen LogP contribution in [0.4, 0.5) is 10.5 Å². The van der Waals surface area contributed by atoms with Gasteiger partial charge in [0.05, 0.1) is 6.10 Å². The minimum Gasteiger partial charge on any atom is -0.391 e. The molecule has 0 heterocycles. The first-order valence-electron chi connectivity index (χ1n) is 8.55. The van der Waals surface area contributed by atoms with Gasteiger partial charge < -0.3 is 20.6 Å². The summed E-state index contributed by atoms with van der Waals surface area (Å²) in [6, 6.07) is 6.41. The lowest BCUT2D eigenvalue weighted by Gasteiger charge is -2.19. The van der Waals surface area contributed by atoms with Crippen LogP contribution in [0.1, 0.15) is 44.5 Å². The molecule has 0 aliphatic rings.